The zero-order chi connectivity index (χ0) is 25.4. The summed E-state index contributed by atoms with van der Waals surface area (Å²) in [6.45, 7) is 7.96. The first-order valence-electron chi connectivity index (χ1n) is 10.9. The number of aromatic nitrogens is 4. The van der Waals surface area contributed by atoms with Gasteiger partial charge in [-0.3, -0.25) is 14.2 Å². The van der Waals surface area contributed by atoms with Gasteiger partial charge < -0.3 is 5.32 Å². The summed E-state index contributed by atoms with van der Waals surface area (Å²) in [4.78, 5) is 38.1. The van der Waals surface area contributed by atoms with Crippen molar-refractivity contribution in [3.05, 3.63) is 64.3 Å². The number of anilines is 2. The molecule has 0 aliphatic carbocycles. The number of aryl methyl sites for hydroxylation is 1. The van der Waals surface area contributed by atoms with E-state index >= 15 is 0 Å². The molecule has 0 radical (unpaired) electrons. The summed E-state index contributed by atoms with van der Waals surface area (Å²) in [6.07, 6.45) is 1.47. The number of nitrogens with one attached hydrogen (secondary N) is 2. The highest BCUT2D eigenvalue weighted by molar-refractivity contribution is 7.99. The van der Waals surface area contributed by atoms with Crippen LogP contribution in [0, 0.1) is 12.8 Å². The van der Waals surface area contributed by atoms with E-state index in [4.69, 9.17) is 0 Å². The molecule has 2 N–H and O–H groups in total. The second-order valence-electron chi connectivity index (χ2n) is 9.27. The minimum absolute atomic E-state index is 0.00929. The number of hydrogen-bond donors (Lipinski definition) is 2. The van der Waals surface area contributed by atoms with E-state index in [2.05, 4.69) is 25.0 Å². The largest absolute Gasteiger partial charge is 0.326 e. The van der Waals surface area contributed by atoms with Crippen molar-refractivity contribution in [3.63, 3.8) is 0 Å². The summed E-state index contributed by atoms with van der Waals surface area (Å²) in [5.74, 6) is -0.219. The molecule has 12 heteroatoms. The fraction of sp³-hybridized carbons (Fsp3) is 0.348. The molecule has 0 fully saturated rings. The monoisotopic (exact) mass is 514 g/mol. The zero-order valence-electron chi connectivity index (χ0n) is 19.8. The van der Waals surface area contributed by atoms with E-state index < -0.39 is 15.9 Å². The van der Waals surface area contributed by atoms with Gasteiger partial charge in [0, 0.05) is 41.4 Å². The number of hydrogen-bond acceptors (Lipinski definition) is 8. The lowest BCUT2D eigenvalue weighted by molar-refractivity contribution is -0.119. The summed E-state index contributed by atoms with van der Waals surface area (Å²) in [6, 6.07) is 8.99. The summed E-state index contributed by atoms with van der Waals surface area (Å²) in [5.41, 5.74) is 1.38. The molecule has 184 valence electrons. The Morgan fingerprint density at radius 1 is 1.14 bits per heavy atom. The third-order valence-electron chi connectivity index (χ3n) is 5.38. The van der Waals surface area contributed by atoms with Crippen molar-refractivity contribution < 1.29 is 13.2 Å². The standard InChI is InChI=1S/C23H26N6O4S2/c1-14-9-10-24-21(25-14)28-35(32,33)17-7-5-16(6-8-17)26-20(31)15-12-29-19(30)11-18(23(2,3)4)27-22(29)34-13-15/h5-11,15H,12-13H2,1-4H3,(H,26,31)(H,24,25,28). The molecule has 0 saturated carbocycles. The van der Waals surface area contributed by atoms with Crippen LogP contribution in [0.3, 0.4) is 0 Å². The Labute approximate surface area is 207 Å². The van der Waals surface area contributed by atoms with Crippen molar-refractivity contribution in [2.75, 3.05) is 15.8 Å². The number of carbonyl (C=O) groups is 1. The maximum Gasteiger partial charge on any atom is 0.264 e. The highest BCUT2D eigenvalue weighted by atomic mass is 32.2. The normalized spacial score (nSPS) is 15.8. The van der Waals surface area contributed by atoms with E-state index in [-0.39, 0.29) is 34.3 Å². The molecule has 0 spiro atoms. The first kappa shape index (κ1) is 24.9. The molecule has 4 rings (SSSR count). The minimum atomic E-state index is -3.88. The van der Waals surface area contributed by atoms with E-state index in [9.17, 15) is 18.0 Å². The molecule has 1 aliphatic heterocycles. The topological polar surface area (TPSA) is 136 Å². The Balaban J connectivity index is 1.43. The highest BCUT2D eigenvalue weighted by Crippen LogP contribution is 2.28. The van der Waals surface area contributed by atoms with Gasteiger partial charge in [0.1, 0.15) is 0 Å². The predicted octanol–water partition coefficient (Wildman–Crippen LogP) is 2.80. The lowest BCUT2D eigenvalue weighted by Gasteiger charge is -2.26. The number of amides is 1. The SMILES string of the molecule is Cc1ccnc(NS(=O)(=O)c2ccc(NC(=O)C3CSc4nc(C(C)(C)C)cc(=O)n4C3)cc2)n1. The molecule has 10 nitrogen and oxygen atoms in total. The number of nitrogens with zero attached hydrogens (tertiary/aromatic N) is 4. The van der Waals surface area contributed by atoms with Crippen LogP contribution in [0.5, 0.6) is 0 Å². The average Bonchev–Trinajstić information content (AvgIpc) is 2.78. The van der Waals surface area contributed by atoms with Crippen LogP contribution in [0.15, 0.2) is 57.4 Å². The molecule has 1 unspecified atom stereocenters. The number of fused-ring (bicyclic) bond motifs is 1. The molecule has 3 aromatic rings. The van der Waals surface area contributed by atoms with Crippen molar-refractivity contribution in [3.8, 4) is 0 Å². The Bertz CT molecular complexity index is 1430. The Morgan fingerprint density at radius 3 is 2.51 bits per heavy atom. The van der Waals surface area contributed by atoms with Gasteiger partial charge >= 0.3 is 0 Å². The van der Waals surface area contributed by atoms with Gasteiger partial charge in [0.05, 0.1) is 16.5 Å². The number of sulfonamides is 1. The first-order chi connectivity index (χ1) is 16.4. The Morgan fingerprint density at radius 2 is 1.86 bits per heavy atom. The second kappa shape index (κ2) is 9.42. The van der Waals surface area contributed by atoms with E-state index in [1.54, 1.807) is 13.0 Å². The molecule has 1 aromatic carbocycles. The fourth-order valence-electron chi connectivity index (χ4n) is 3.39. The van der Waals surface area contributed by atoms with E-state index in [0.717, 1.165) is 5.69 Å². The molecule has 0 bridgehead atoms. The molecule has 0 saturated heterocycles. The fourth-order valence-corrected chi connectivity index (χ4v) is 5.43. The van der Waals surface area contributed by atoms with Crippen LogP contribution in [0.1, 0.15) is 32.2 Å². The van der Waals surface area contributed by atoms with Gasteiger partial charge in [0.15, 0.2) is 5.16 Å². The average molecular weight is 515 g/mol. The minimum Gasteiger partial charge on any atom is -0.326 e. The third-order valence-corrected chi connectivity index (χ3v) is 7.86. The van der Waals surface area contributed by atoms with Gasteiger partial charge in [-0.1, -0.05) is 32.5 Å². The quantitative estimate of drug-likeness (QED) is 0.496. The Kier molecular flexibility index (Phi) is 6.69. The van der Waals surface area contributed by atoms with Crippen LogP contribution in [0.2, 0.25) is 0 Å². The van der Waals surface area contributed by atoms with Gasteiger partial charge in [-0.15, -0.1) is 0 Å². The maximum atomic E-state index is 12.9. The summed E-state index contributed by atoms with van der Waals surface area (Å²) in [7, 11) is -3.88. The van der Waals surface area contributed by atoms with Gasteiger partial charge in [-0.05, 0) is 37.3 Å². The smallest absolute Gasteiger partial charge is 0.264 e. The van der Waals surface area contributed by atoms with Crippen LogP contribution in [0.4, 0.5) is 11.6 Å². The zero-order valence-corrected chi connectivity index (χ0v) is 21.4. The van der Waals surface area contributed by atoms with Crippen LogP contribution < -0.4 is 15.6 Å². The summed E-state index contributed by atoms with van der Waals surface area (Å²) >= 11 is 1.38. The lowest BCUT2D eigenvalue weighted by atomic mass is 9.92. The second-order valence-corrected chi connectivity index (χ2v) is 11.9. The molecule has 1 amide bonds. The molecule has 1 aliphatic rings. The van der Waals surface area contributed by atoms with E-state index in [1.807, 2.05) is 20.8 Å². The molecular weight excluding hydrogens is 488 g/mol. The van der Waals surface area contributed by atoms with E-state index in [0.29, 0.717) is 22.3 Å². The predicted molar refractivity (Wildman–Crippen MR) is 134 cm³/mol. The first-order valence-corrected chi connectivity index (χ1v) is 13.4. The highest BCUT2D eigenvalue weighted by Gasteiger charge is 2.29. The van der Waals surface area contributed by atoms with Crippen molar-refractivity contribution in [1.82, 2.24) is 19.5 Å². The number of benzene rings is 1. The molecule has 35 heavy (non-hydrogen) atoms. The summed E-state index contributed by atoms with van der Waals surface area (Å²) < 4.78 is 29.1. The van der Waals surface area contributed by atoms with Crippen molar-refractivity contribution in [1.29, 1.82) is 0 Å². The lowest BCUT2D eigenvalue weighted by Crippen LogP contribution is -2.37. The van der Waals surface area contributed by atoms with Crippen LogP contribution in [0.25, 0.3) is 0 Å². The summed E-state index contributed by atoms with van der Waals surface area (Å²) in [5, 5.41) is 3.42. The van der Waals surface area contributed by atoms with Gasteiger partial charge in [-0.2, -0.15) is 0 Å². The third kappa shape index (κ3) is 5.70. The van der Waals surface area contributed by atoms with Gasteiger partial charge in [0.25, 0.3) is 15.6 Å². The molecule has 2 aromatic heterocycles. The number of rotatable bonds is 5. The van der Waals surface area contributed by atoms with Gasteiger partial charge in [0.2, 0.25) is 11.9 Å². The molecular formula is C23H26N6O4S2. The van der Waals surface area contributed by atoms with Crippen molar-refractivity contribution in [2.24, 2.45) is 5.92 Å². The Hall–Kier alpha value is -3.25. The maximum absolute atomic E-state index is 12.9. The number of thioether (sulfide) groups is 1. The molecule has 3 heterocycles. The molecule has 1 atom stereocenters. The van der Waals surface area contributed by atoms with Gasteiger partial charge in [-0.25, -0.2) is 28.1 Å². The van der Waals surface area contributed by atoms with Crippen LogP contribution in [-0.2, 0) is 26.8 Å². The number of carbonyl (C=O) groups excluding carboxylic acids is 1. The van der Waals surface area contributed by atoms with Crippen LogP contribution >= 0.6 is 11.8 Å². The van der Waals surface area contributed by atoms with Crippen molar-refractivity contribution >= 4 is 39.3 Å². The van der Waals surface area contributed by atoms with E-state index in [1.165, 1.54) is 52.9 Å². The van der Waals surface area contributed by atoms with Crippen molar-refractivity contribution in [2.45, 2.75) is 49.7 Å². The van der Waals surface area contributed by atoms with Crippen LogP contribution in [-0.4, -0.2) is 39.6 Å².